The molecule has 0 amide bonds. The maximum Gasteiger partial charge on any atom is 0.157 e. The lowest BCUT2D eigenvalue weighted by Gasteiger charge is -2.59. The number of hydrogen-bond acceptors (Lipinski definition) is 10. The average Bonchev–Trinajstić information content (AvgIpc) is 1.06. The van der Waals surface area contributed by atoms with Crippen LogP contribution in [0, 0.1) is 0 Å². The SMILES string of the molecule is OCCOCCOCCOCCOCCOCCOCC(OC(c1ccccc1)(c1ccccc1)C(OC(c1ccccc1)(c1ccccc1)C(O)(c1ccccc1)c1ccccc1)(c1ccccc1)c1ccccc1)c1ccccc1. The minimum Gasteiger partial charge on any atom is -0.394 e. The van der Waals surface area contributed by atoms with Gasteiger partial charge in [-0.1, -0.05) is 273 Å². The standard InChI is InChI=1S/C72H74O10/c73-46-47-75-48-49-76-50-51-77-52-53-78-54-55-79-56-57-80-58-68(59-28-10-1-11-29-59)81-71(64-38-20-6-21-39-64,65-40-22-7-23-41-65)72(66-42-24-8-25-43-66,67-44-26-9-27-45-67)82-70(62-34-16-4-17-35-62,63-36-18-5-19-37-63)69(74,60-30-12-2-13-31-60)61-32-14-3-15-33-61/h1-45,68,73-74H,46-58H2. The van der Waals surface area contributed by atoms with Crippen LogP contribution < -0.4 is 0 Å². The van der Waals surface area contributed by atoms with Gasteiger partial charge in [-0.05, 0) is 50.1 Å². The van der Waals surface area contributed by atoms with Crippen molar-refractivity contribution < 1.29 is 48.1 Å². The van der Waals surface area contributed by atoms with E-state index in [4.69, 9.17) is 43.0 Å². The Morgan fingerprint density at radius 1 is 0.268 bits per heavy atom. The van der Waals surface area contributed by atoms with Crippen LogP contribution in [0.1, 0.15) is 56.2 Å². The van der Waals surface area contributed by atoms with Crippen molar-refractivity contribution in [3.05, 3.63) is 323 Å². The molecule has 0 spiro atoms. The van der Waals surface area contributed by atoms with Crippen molar-refractivity contribution in [1.82, 2.24) is 0 Å². The molecule has 9 rings (SSSR count). The molecule has 10 heteroatoms. The third kappa shape index (κ3) is 13.6. The quantitative estimate of drug-likeness (QED) is 0.0378. The van der Waals surface area contributed by atoms with Crippen LogP contribution in [0.3, 0.4) is 0 Å². The summed E-state index contributed by atoms with van der Waals surface area (Å²) >= 11 is 0. The van der Waals surface area contributed by atoms with Crippen molar-refractivity contribution in [3.8, 4) is 0 Å². The maximum absolute atomic E-state index is 15.1. The highest BCUT2D eigenvalue weighted by Crippen LogP contribution is 2.63. The molecule has 82 heavy (non-hydrogen) atoms. The second-order valence-electron chi connectivity index (χ2n) is 19.7. The van der Waals surface area contributed by atoms with Crippen molar-refractivity contribution >= 4 is 0 Å². The first-order chi connectivity index (χ1) is 40.6. The van der Waals surface area contributed by atoms with Crippen LogP contribution in [0.25, 0.3) is 0 Å². The van der Waals surface area contributed by atoms with Crippen LogP contribution >= 0.6 is 0 Å². The fourth-order valence-electron chi connectivity index (χ4n) is 11.0. The Balaban J connectivity index is 1.18. The average molecular weight is 1100 g/mol. The van der Waals surface area contributed by atoms with Gasteiger partial charge in [-0.15, -0.1) is 0 Å². The molecule has 0 aliphatic rings. The van der Waals surface area contributed by atoms with Crippen molar-refractivity contribution in [2.45, 2.75) is 28.5 Å². The topological polar surface area (TPSA) is 114 Å². The third-order valence-corrected chi connectivity index (χ3v) is 14.6. The number of hydrogen-bond donors (Lipinski definition) is 2. The first-order valence-corrected chi connectivity index (χ1v) is 28.2. The molecule has 0 bridgehead atoms. The van der Waals surface area contributed by atoms with E-state index in [1.807, 2.05) is 188 Å². The van der Waals surface area contributed by atoms with Crippen LogP contribution in [0.2, 0.25) is 0 Å². The molecule has 9 aromatic carbocycles. The van der Waals surface area contributed by atoms with Crippen LogP contribution in [0.15, 0.2) is 273 Å². The van der Waals surface area contributed by atoms with Crippen molar-refractivity contribution in [2.24, 2.45) is 0 Å². The van der Waals surface area contributed by atoms with Crippen molar-refractivity contribution in [1.29, 1.82) is 0 Å². The van der Waals surface area contributed by atoms with E-state index in [1.165, 1.54) is 0 Å². The number of aliphatic hydroxyl groups is 2. The van der Waals surface area contributed by atoms with E-state index in [9.17, 15) is 0 Å². The van der Waals surface area contributed by atoms with Gasteiger partial charge < -0.3 is 48.1 Å². The van der Waals surface area contributed by atoms with E-state index in [-0.39, 0.29) is 19.8 Å². The Labute approximate surface area is 483 Å². The summed E-state index contributed by atoms with van der Waals surface area (Å²) in [6.45, 7) is 4.43. The Hall–Kier alpha value is -7.42. The van der Waals surface area contributed by atoms with Gasteiger partial charge in [-0.2, -0.15) is 0 Å². The minimum atomic E-state index is -1.97. The fraction of sp³-hybridized carbons (Fsp3) is 0.250. The van der Waals surface area contributed by atoms with Gasteiger partial charge in [-0.3, -0.25) is 0 Å². The fourth-order valence-corrected chi connectivity index (χ4v) is 11.0. The van der Waals surface area contributed by atoms with E-state index in [0.717, 1.165) is 27.8 Å². The summed E-state index contributed by atoms with van der Waals surface area (Å²) in [6.07, 6.45) is -0.740. The first-order valence-electron chi connectivity index (χ1n) is 28.2. The first kappa shape index (κ1) is 59.2. The predicted molar refractivity (Wildman–Crippen MR) is 320 cm³/mol. The lowest BCUT2D eigenvalue weighted by Crippen LogP contribution is -2.63. The highest BCUT2D eigenvalue weighted by atomic mass is 16.6. The van der Waals surface area contributed by atoms with Gasteiger partial charge in [-0.25, -0.2) is 0 Å². The van der Waals surface area contributed by atoms with E-state index in [0.29, 0.717) is 88.3 Å². The molecular weight excluding hydrogens is 1020 g/mol. The van der Waals surface area contributed by atoms with Gasteiger partial charge in [0.05, 0.1) is 85.9 Å². The molecule has 1 unspecified atom stereocenters. The number of ether oxygens (including phenoxy) is 8. The van der Waals surface area contributed by atoms with Crippen LogP contribution in [-0.4, -0.2) is 96.1 Å². The molecule has 0 radical (unpaired) electrons. The summed E-state index contributed by atoms with van der Waals surface area (Å²) in [5.74, 6) is 0. The third-order valence-electron chi connectivity index (χ3n) is 14.6. The number of rotatable bonds is 34. The molecule has 0 saturated carbocycles. The summed E-state index contributed by atoms with van der Waals surface area (Å²) in [5, 5.41) is 23.9. The zero-order valence-corrected chi connectivity index (χ0v) is 46.4. The summed E-state index contributed by atoms with van der Waals surface area (Å²) in [7, 11) is 0. The minimum absolute atomic E-state index is 0.00399. The summed E-state index contributed by atoms with van der Waals surface area (Å²) in [5.41, 5.74) is -0.583. The highest BCUT2D eigenvalue weighted by Gasteiger charge is 2.67. The predicted octanol–water partition coefficient (Wildman–Crippen LogP) is 12.6. The van der Waals surface area contributed by atoms with Gasteiger partial charge >= 0.3 is 0 Å². The number of aliphatic hydroxyl groups excluding tert-OH is 1. The molecule has 9 aromatic rings. The maximum atomic E-state index is 15.1. The van der Waals surface area contributed by atoms with Gasteiger partial charge in [0, 0.05) is 0 Å². The lowest BCUT2D eigenvalue weighted by atomic mass is 9.62. The monoisotopic (exact) mass is 1100 g/mol. The molecule has 0 aliphatic carbocycles. The molecule has 2 N–H and O–H groups in total. The second kappa shape index (κ2) is 30.6. The normalized spacial score (nSPS) is 12.5. The van der Waals surface area contributed by atoms with Crippen LogP contribution in [0.5, 0.6) is 0 Å². The number of benzene rings is 9. The molecule has 422 valence electrons. The molecule has 0 saturated heterocycles. The van der Waals surface area contributed by atoms with Gasteiger partial charge in [0.1, 0.15) is 6.10 Å². The smallest absolute Gasteiger partial charge is 0.157 e. The summed E-state index contributed by atoms with van der Waals surface area (Å²) in [4.78, 5) is 0. The zero-order chi connectivity index (χ0) is 56.4. The Morgan fingerprint density at radius 2 is 0.512 bits per heavy atom. The van der Waals surface area contributed by atoms with Gasteiger partial charge in [0.2, 0.25) is 0 Å². The lowest BCUT2D eigenvalue weighted by molar-refractivity contribution is -0.281. The zero-order valence-electron chi connectivity index (χ0n) is 46.4. The van der Waals surface area contributed by atoms with E-state index in [1.54, 1.807) is 0 Å². The van der Waals surface area contributed by atoms with E-state index < -0.39 is 28.5 Å². The van der Waals surface area contributed by atoms with Crippen molar-refractivity contribution in [3.63, 3.8) is 0 Å². The van der Waals surface area contributed by atoms with Crippen molar-refractivity contribution in [2.75, 3.05) is 85.9 Å². The molecule has 0 aliphatic heterocycles. The van der Waals surface area contributed by atoms with Gasteiger partial charge in [0.15, 0.2) is 22.4 Å². The summed E-state index contributed by atoms with van der Waals surface area (Å²) in [6, 6.07) is 91.5. The molecular formula is C72H74O10. The Bertz CT molecular complexity index is 2980. The van der Waals surface area contributed by atoms with Gasteiger partial charge in [0.25, 0.3) is 0 Å². The highest BCUT2D eigenvalue weighted by molar-refractivity contribution is 5.56. The Kier molecular flexibility index (Phi) is 22.1. The van der Waals surface area contributed by atoms with Crippen LogP contribution in [0.4, 0.5) is 0 Å². The summed E-state index contributed by atoms with van der Waals surface area (Å²) < 4.78 is 52.3. The van der Waals surface area contributed by atoms with E-state index >= 15 is 5.11 Å². The molecule has 0 aromatic heterocycles. The molecule has 1 atom stereocenters. The molecule has 0 fully saturated rings. The van der Waals surface area contributed by atoms with E-state index in [2.05, 4.69) is 84.9 Å². The van der Waals surface area contributed by atoms with Crippen LogP contribution in [-0.2, 0) is 60.3 Å². The molecule has 0 heterocycles. The largest absolute Gasteiger partial charge is 0.394 e. The molecule has 10 nitrogen and oxygen atoms in total. The second-order valence-corrected chi connectivity index (χ2v) is 19.7. The Morgan fingerprint density at radius 3 is 0.817 bits per heavy atom.